The van der Waals surface area contributed by atoms with E-state index < -0.39 is 20.7 Å². The molecule has 17 heavy (non-hydrogen) atoms. The third kappa shape index (κ3) is 9180. The van der Waals surface area contributed by atoms with Crippen molar-refractivity contribution >= 4 is 69.6 Å². The van der Waals surface area contributed by atoms with Crippen LogP contribution in [0.4, 0.5) is 0 Å². The van der Waals surface area contributed by atoms with Crippen molar-refractivity contribution in [3.05, 3.63) is 0 Å². The fraction of sp³-hybridized carbons (Fsp3) is 0. The third-order valence-corrected chi connectivity index (χ3v) is 0. The first kappa shape index (κ1) is 30.0. The van der Waals surface area contributed by atoms with Gasteiger partial charge in [-0.15, -0.1) is 0 Å². The summed E-state index contributed by atoms with van der Waals surface area (Å²) < 4.78 is 0. The molecule has 0 aliphatic heterocycles. The van der Waals surface area contributed by atoms with Crippen LogP contribution < -0.4 is 22.9 Å². The van der Waals surface area contributed by atoms with Gasteiger partial charge in [0.2, 0.25) is 0 Å². The van der Waals surface area contributed by atoms with Gasteiger partial charge in [-0.25, -0.2) is 0 Å². The van der Waals surface area contributed by atoms with Crippen molar-refractivity contribution in [1.29, 1.82) is 0 Å². The molecular weight excluding hydrogens is 480 g/mol. The maximum absolute atomic E-state index is 7.56. The zero-order valence-corrected chi connectivity index (χ0v) is 14.3. The van der Waals surface area contributed by atoms with Crippen LogP contribution in [0.1, 0.15) is 0 Å². The van der Waals surface area contributed by atoms with Crippen LogP contribution in [0.3, 0.4) is 0 Å². The van der Waals surface area contributed by atoms with Crippen molar-refractivity contribution in [2.45, 2.75) is 0 Å². The second-order valence-corrected chi connectivity index (χ2v) is 3.03. The van der Waals surface area contributed by atoms with Crippen molar-refractivity contribution in [3.63, 3.8) is 0 Å². The Kier molecular flexibility index (Phi) is 43.3. The normalized spacial score (nSPS) is 5.65. The Balaban J connectivity index is -0.0000000369. The molecule has 0 aliphatic rings. The zero-order chi connectivity index (χ0) is 14.3. The number of thiocarbonyl (C=S) groups is 4. The van der Waals surface area contributed by atoms with Crippen molar-refractivity contribution in [2.75, 3.05) is 0 Å². The summed E-state index contributed by atoms with van der Waals surface area (Å²) in [4.78, 5) is 0. The molecule has 0 saturated carbocycles. The van der Waals surface area contributed by atoms with E-state index in [1.165, 1.54) is 0 Å². The summed E-state index contributed by atoms with van der Waals surface area (Å²) in [7, 11) is 0. The molecule has 0 aromatic heterocycles. The van der Waals surface area contributed by atoms with Crippen LogP contribution in [0.15, 0.2) is 0 Å². The van der Waals surface area contributed by atoms with Gasteiger partial charge in [0.15, 0.2) is 0 Å². The summed E-state index contributed by atoms with van der Waals surface area (Å²) in [6.07, 6.45) is 0. The van der Waals surface area contributed by atoms with Gasteiger partial charge in [-0.05, 0) is 48.9 Å². The topological polar surface area (TPSA) is 185 Å². The average Bonchev–Trinajstić information content (AvgIpc) is 1.76. The van der Waals surface area contributed by atoms with Crippen molar-refractivity contribution in [3.8, 4) is 0 Å². The fourth-order valence-corrected chi connectivity index (χ4v) is 0. The maximum atomic E-state index is 7.56. The molecule has 0 fully saturated rings. The number of aliphatic hydroxyl groups is 4. The van der Waals surface area contributed by atoms with Gasteiger partial charge in [0.25, 0.3) is 20.7 Å². The van der Waals surface area contributed by atoms with E-state index in [1.807, 2.05) is 0 Å². The van der Waals surface area contributed by atoms with E-state index in [0.717, 1.165) is 0 Å². The number of nitrogens with two attached hydrogens (primary N) is 4. The Morgan fingerprint density at radius 1 is 0.529 bits per heavy atom. The molecule has 0 radical (unpaired) electrons. The van der Waals surface area contributed by atoms with Crippen molar-refractivity contribution in [2.24, 2.45) is 22.9 Å². The summed E-state index contributed by atoms with van der Waals surface area (Å²) in [6.45, 7) is 0. The van der Waals surface area contributed by atoms with Crippen LogP contribution in [0, 0.1) is 0 Å². The number of hydrogen-bond donors (Lipinski definition) is 8. The van der Waals surface area contributed by atoms with Crippen LogP contribution in [0.5, 0.6) is 0 Å². The molecule has 8 nitrogen and oxygen atoms in total. The van der Waals surface area contributed by atoms with Gasteiger partial charge in [0.05, 0.1) is 0 Å². The van der Waals surface area contributed by atoms with Gasteiger partial charge >= 0.3 is 0 Å². The molecule has 12 N–H and O–H groups in total. The van der Waals surface area contributed by atoms with Crippen LogP contribution in [-0.4, -0.2) is 41.1 Å². The molecule has 0 bridgehead atoms. The summed E-state index contributed by atoms with van der Waals surface area (Å²) in [6, 6.07) is 0. The monoisotopic (exact) mass is 492 g/mol. The van der Waals surface area contributed by atoms with Crippen molar-refractivity contribution < 1.29 is 41.5 Å². The van der Waals surface area contributed by atoms with Crippen LogP contribution >= 0.6 is 48.9 Å². The van der Waals surface area contributed by atoms with Gasteiger partial charge in [0.1, 0.15) is 0 Å². The van der Waals surface area contributed by atoms with Crippen molar-refractivity contribution in [1.82, 2.24) is 0 Å². The maximum Gasteiger partial charge on any atom is 0.251 e. The SMILES string of the molecule is NC(O)=S.NC(O)=S.NC(O)=S.NC(O)=S.[W]. The molecule has 102 valence electrons. The molecule has 0 rings (SSSR count). The summed E-state index contributed by atoms with van der Waals surface area (Å²) in [5, 5.41) is 28.3. The minimum absolute atomic E-state index is 0. The minimum Gasteiger partial charge on any atom is -0.487 e. The van der Waals surface area contributed by atoms with Gasteiger partial charge < -0.3 is 43.4 Å². The second-order valence-electron chi connectivity index (χ2n) is 1.35. The summed E-state index contributed by atoms with van der Waals surface area (Å²) >= 11 is 15.5. The first-order chi connectivity index (χ1) is 6.93. The second kappa shape index (κ2) is 24.6. The summed E-state index contributed by atoms with van der Waals surface area (Å²) in [5.41, 5.74) is 17.6. The van der Waals surface area contributed by atoms with Gasteiger partial charge in [-0.1, -0.05) is 0 Å². The van der Waals surface area contributed by atoms with Gasteiger partial charge in [-0.3, -0.25) is 0 Å². The Labute approximate surface area is 133 Å². The predicted octanol–water partition coefficient (Wildman–Crippen LogP) is -0.850. The minimum atomic E-state index is -0.500. The smallest absolute Gasteiger partial charge is 0.251 e. The van der Waals surface area contributed by atoms with E-state index in [4.69, 9.17) is 20.4 Å². The zero-order valence-electron chi connectivity index (χ0n) is 8.14. The fourth-order valence-electron chi connectivity index (χ4n) is 0. The molecule has 0 unspecified atom stereocenters. The largest absolute Gasteiger partial charge is 0.487 e. The Morgan fingerprint density at radius 3 is 0.529 bits per heavy atom. The van der Waals surface area contributed by atoms with E-state index in [2.05, 4.69) is 71.8 Å². The number of aliphatic hydroxyl groups excluding tert-OH is 4. The molecule has 0 atom stereocenters. The van der Waals surface area contributed by atoms with E-state index >= 15 is 0 Å². The molecular formula is C4H12N4O4S4W. The Bertz CT molecular complexity index is 178. The molecule has 13 heteroatoms. The molecule has 0 saturated heterocycles. The molecule has 0 amide bonds. The first-order valence-electron chi connectivity index (χ1n) is 2.87. The molecule has 0 aromatic rings. The van der Waals surface area contributed by atoms with E-state index in [0.29, 0.717) is 0 Å². The summed E-state index contributed by atoms with van der Waals surface area (Å²) in [5.74, 6) is 0. The first-order valence-corrected chi connectivity index (χ1v) is 4.50. The van der Waals surface area contributed by atoms with Crippen LogP contribution in [0.2, 0.25) is 0 Å². The quantitative estimate of drug-likeness (QED) is 0.196. The molecule has 0 spiro atoms. The molecule has 0 heterocycles. The van der Waals surface area contributed by atoms with Crippen LogP contribution in [0.25, 0.3) is 0 Å². The average molecular weight is 492 g/mol. The van der Waals surface area contributed by atoms with Gasteiger partial charge in [0, 0.05) is 21.1 Å². The Morgan fingerprint density at radius 2 is 0.529 bits per heavy atom. The standard InChI is InChI=1S/4CH3NOS.W/c4*2-1(3)4;/h4*(H3,2,3,4);. The van der Waals surface area contributed by atoms with E-state index in [9.17, 15) is 0 Å². The predicted molar refractivity (Wildman–Crippen MR) is 77.7 cm³/mol. The van der Waals surface area contributed by atoms with Gasteiger partial charge in [-0.2, -0.15) is 0 Å². The third-order valence-electron chi connectivity index (χ3n) is 0. The van der Waals surface area contributed by atoms with E-state index in [-0.39, 0.29) is 21.1 Å². The number of rotatable bonds is 0. The Hall–Kier alpha value is -0.552. The van der Waals surface area contributed by atoms with E-state index in [1.54, 1.807) is 0 Å². The van der Waals surface area contributed by atoms with Crippen LogP contribution in [-0.2, 0) is 21.1 Å². The number of hydrogen-bond acceptors (Lipinski definition) is 4. The molecule has 0 aromatic carbocycles. The molecule has 0 aliphatic carbocycles.